The number of thiophene rings is 2. The van der Waals surface area contributed by atoms with Gasteiger partial charge in [0.2, 0.25) is 0 Å². The first-order chi connectivity index (χ1) is 51.5. The molecule has 104 heavy (non-hydrogen) atoms. The van der Waals surface area contributed by atoms with E-state index >= 15 is 0 Å². The summed E-state index contributed by atoms with van der Waals surface area (Å²) in [5.74, 6) is 1.37. The molecule has 0 aliphatic heterocycles. The molecule has 0 spiro atoms. The van der Waals surface area contributed by atoms with Gasteiger partial charge in [-0.05, 0) is 160 Å². The van der Waals surface area contributed by atoms with Gasteiger partial charge >= 0.3 is 0 Å². The van der Waals surface area contributed by atoms with Crippen LogP contribution in [-0.2, 0) is 0 Å². The van der Waals surface area contributed by atoms with Crippen molar-refractivity contribution in [3.63, 3.8) is 0 Å². The molecule has 0 N–H and O–H groups in total. The van der Waals surface area contributed by atoms with Crippen LogP contribution >= 0.6 is 22.7 Å². The molecule has 0 saturated carbocycles. The number of rotatable bonds is 9. The van der Waals surface area contributed by atoms with Crippen LogP contribution in [-0.4, -0.2) is 24.1 Å². The molecule has 0 unspecified atom stereocenters. The van der Waals surface area contributed by atoms with Crippen molar-refractivity contribution in [3.05, 3.63) is 327 Å². The lowest BCUT2D eigenvalue weighted by Crippen LogP contribution is -2.10. The number of aromatic nitrogens is 5. The lowest BCUT2D eigenvalue weighted by molar-refractivity contribution is 0.672. The van der Waals surface area contributed by atoms with Crippen LogP contribution in [0.4, 0.5) is 5.69 Å². The van der Waals surface area contributed by atoms with Crippen molar-refractivity contribution in [1.82, 2.24) is 24.1 Å². The van der Waals surface area contributed by atoms with Crippen LogP contribution in [0.1, 0.15) is 0 Å². The first-order valence-corrected chi connectivity index (χ1v) is 36.4. The largest absolute Gasteiger partial charge is 0.455 e. The van der Waals surface area contributed by atoms with Crippen LogP contribution in [0.5, 0.6) is 0 Å². The Bertz CT molecular complexity index is 7290. The maximum atomic E-state index is 9.71. The Balaban J connectivity index is 0.935. The molecule has 482 valence electrons. The normalized spacial score (nSPS) is 12.0. The Hall–Kier alpha value is -13.6. The zero-order valence-electron chi connectivity index (χ0n) is 55.3. The Morgan fingerprint density at radius 2 is 0.673 bits per heavy atom. The third-order valence-electron chi connectivity index (χ3n) is 21.0. The van der Waals surface area contributed by atoms with Gasteiger partial charge in [-0.15, -0.1) is 22.7 Å². The molecule has 0 fully saturated rings. The number of benzene rings is 15. The van der Waals surface area contributed by atoms with Gasteiger partial charge in [0.15, 0.2) is 23.2 Å². The Kier molecular flexibility index (Phi) is 12.7. The first-order valence-electron chi connectivity index (χ1n) is 34.7. The van der Waals surface area contributed by atoms with E-state index in [2.05, 4.69) is 311 Å². The predicted molar refractivity (Wildman–Crippen MR) is 433 cm³/mol. The second kappa shape index (κ2) is 22.7. The van der Waals surface area contributed by atoms with E-state index in [4.69, 9.17) is 23.8 Å². The number of fused-ring (bicyclic) bond motifs is 20. The van der Waals surface area contributed by atoms with E-state index in [1.165, 1.54) is 29.6 Å². The first kappa shape index (κ1) is 58.3. The van der Waals surface area contributed by atoms with Gasteiger partial charge in [-0.3, -0.25) is 0 Å². The van der Waals surface area contributed by atoms with E-state index in [-0.39, 0.29) is 0 Å². The number of nitrogens with zero attached hydrogens (tertiary/aromatic N) is 6. The van der Waals surface area contributed by atoms with Crippen LogP contribution in [0.2, 0.25) is 0 Å². The zero-order chi connectivity index (χ0) is 68.3. The van der Waals surface area contributed by atoms with Crippen molar-refractivity contribution in [2.75, 3.05) is 0 Å². The average molecular weight is 1360 g/mol. The molecule has 7 aromatic heterocycles. The minimum Gasteiger partial charge on any atom is -0.455 e. The quantitative estimate of drug-likeness (QED) is 0.135. The topological polar surface area (TPSA) is 79.2 Å². The molecule has 0 saturated heterocycles. The van der Waals surface area contributed by atoms with Crippen molar-refractivity contribution in [3.8, 4) is 90.0 Å². The summed E-state index contributed by atoms with van der Waals surface area (Å²) in [5.41, 5.74) is 18.9. The fourth-order valence-corrected chi connectivity index (χ4v) is 18.4. The Morgan fingerprint density at radius 1 is 0.279 bits per heavy atom. The molecular weight excluding hydrogens is 1310 g/mol. The minimum absolute atomic E-state index is 0.387. The maximum absolute atomic E-state index is 9.71. The van der Waals surface area contributed by atoms with Gasteiger partial charge < -0.3 is 18.0 Å². The molecule has 0 amide bonds. The van der Waals surface area contributed by atoms with Crippen molar-refractivity contribution >= 4 is 156 Å². The lowest BCUT2D eigenvalue weighted by atomic mass is 9.95. The van der Waals surface area contributed by atoms with Crippen molar-refractivity contribution in [1.29, 1.82) is 0 Å². The summed E-state index contributed by atoms with van der Waals surface area (Å²) in [6, 6.07) is 112. The van der Waals surface area contributed by atoms with E-state index < -0.39 is 0 Å². The van der Waals surface area contributed by atoms with Crippen molar-refractivity contribution in [2.24, 2.45) is 0 Å². The van der Waals surface area contributed by atoms with Crippen LogP contribution in [0.15, 0.2) is 324 Å². The van der Waals surface area contributed by atoms with Crippen LogP contribution in [0.25, 0.3) is 223 Å². The highest BCUT2D eigenvalue weighted by Crippen LogP contribution is 2.53. The number of hydrogen-bond donors (Lipinski definition) is 0. The standard InChI is InChI=1S/C94H52N6O2S2/c1-95-74-53-73(94-97-92(61-37-46-83-69(51-61)64-29-15-18-32-81(64)103-83)96-93(98-94)62-38-47-84-70(52-62)65-30-16-19-33-82(65)104-84)88(99-75-41-34-58(54-20-6-2-7-21-54)49-71(75)86-77(99)43-39-66-63-28-14-17-31-79(63)101-90(66)86)89(85(74)57-26-12-5-13-27-57)100-76-42-35-59(55-22-8-3-9-23-55)50-72(76)87-78(100)44-40-67-68-48-60(56-24-10-4-11-25-56)36-45-80(68)102-91(67)87/h2-53H. The monoisotopic (exact) mass is 1360 g/mol. The molecule has 7 heterocycles. The SMILES string of the molecule is [C-]#[N+]c1cc(-c2nc(-c3ccc4sc5ccccc5c4c3)nc(-c3ccc4sc5ccccc5c4c3)n2)c(-n2c3ccc(-c4ccccc4)cc3c3c4oc5ccccc5c4ccc32)c(-n2c3ccc(-c4ccccc4)cc3c3c4oc5ccc(-c6ccccc6)cc5c4ccc32)c1-c1ccccc1. The van der Waals surface area contributed by atoms with Crippen LogP contribution in [0, 0.1) is 6.57 Å². The highest BCUT2D eigenvalue weighted by molar-refractivity contribution is 7.26. The number of para-hydroxylation sites is 1. The van der Waals surface area contributed by atoms with Gasteiger partial charge in [0, 0.05) is 94.9 Å². The smallest absolute Gasteiger partial charge is 0.197 e. The number of furan rings is 2. The molecule has 10 heteroatoms. The summed E-state index contributed by atoms with van der Waals surface area (Å²) in [6.45, 7) is 9.71. The zero-order valence-corrected chi connectivity index (χ0v) is 57.0. The second-order valence-electron chi connectivity index (χ2n) is 26.7. The summed E-state index contributed by atoms with van der Waals surface area (Å²) < 4.78 is 24.1. The van der Waals surface area contributed by atoms with Gasteiger partial charge in [-0.1, -0.05) is 194 Å². The molecule has 8 nitrogen and oxygen atoms in total. The fourth-order valence-electron chi connectivity index (χ4n) is 16.3. The second-order valence-corrected chi connectivity index (χ2v) is 28.9. The highest BCUT2D eigenvalue weighted by Gasteiger charge is 2.32. The molecule has 15 aromatic carbocycles. The van der Waals surface area contributed by atoms with E-state index in [1.54, 1.807) is 22.7 Å². The van der Waals surface area contributed by atoms with Gasteiger partial charge in [0.1, 0.15) is 22.3 Å². The van der Waals surface area contributed by atoms with Crippen molar-refractivity contribution < 1.29 is 8.83 Å². The Labute approximate surface area is 601 Å². The van der Waals surface area contributed by atoms with Gasteiger partial charge in [0.05, 0.1) is 50.8 Å². The van der Waals surface area contributed by atoms with E-state index in [1.807, 2.05) is 18.2 Å². The average Bonchev–Trinajstić information content (AvgIpc) is 1.52. The third-order valence-corrected chi connectivity index (χ3v) is 23.3. The molecule has 0 aliphatic carbocycles. The summed E-state index contributed by atoms with van der Waals surface area (Å²) in [6.07, 6.45) is 0. The van der Waals surface area contributed by atoms with Crippen LogP contribution < -0.4 is 0 Å². The summed E-state index contributed by atoms with van der Waals surface area (Å²) in [7, 11) is 0. The molecule has 0 radical (unpaired) electrons. The maximum Gasteiger partial charge on any atom is 0.197 e. The van der Waals surface area contributed by atoms with Gasteiger partial charge in [-0.25, -0.2) is 19.8 Å². The fraction of sp³-hybridized carbons (Fsp3) is 0. The molecule has 0 aliphatic rings. The third kappa shape index (κ3) is 8.85. The van der Waals surface area contributed by atoms with E-state index in [0.717, 1.165) is 165 Å². The summed E-state index contributed by atoms with van der Waals surface area (Å²) in [4.78, 5) is 21.9. The minimum atomic E-state index is 0.387. The predicted octanol–water partition coefficient (Wildman–Crippen LogP) is 26.8. The lowest BCUT2D eigenvalue weighted by Gasteiger charge is -2.25. The van der Waals surface area contributed by atoms with Crippen molar-refractivity contribution in [2.45, 2.75) is 0 Å². The summed E-state index contributed by atoms with van der Waals surface area (Å²) >= 11 is 3.56. The molecule has 0 atom stereocenters. The number of hydrogen-bond acceptors (Lipinski definition) is 7. The molecule has 0 bridgehead atoms. The van der Waals surface area contributed by atoms with Gasteiger partial charge in [-0.2, -0.15) is 0 Å². The van der Waals surface area contributed by atoms with E-state index in [9.17, 15) is 6.57 Å². The Morgan fingerprint density at radius 3 is 1.20 bits per heavy atom. The van der Waals surface area contributed by atoms with E-state index in [0.29, 0.717) is 28.7 Å². The molecule has 22 aromatic rings. The molecule has 22 rings (SSSR count). The summed E-state index contributed by atoms with van der Waals surface area (Å²) in [5, 5.41) is 12.5. The van der Waals surface area contributed by atoms with Gasteiger partial charge in [0.25, 0.3) is 0 Å². The highest BCUT2D eigenvalue weighted by atomic mass is 32.1. The van der Waals surface area contributed by atoms with Crippen LogP contribution in [0.3, 0.4) is 0 Å². The molecular formula is C94H52N6O2S2.